The van der Waals surface area contributed by atoms with Crippen LogP contribution >= 0.6 is 31.9 Å². The van der Waals surface area contributed by atoms with Crippen LogP contribution in [-0.2, 0) is 14.8 Å². The summed E-state index contributed by atoms with van der Waals surface area (Å²) in [6.07, 6.45) is 0. The zero-order valence-corrected chi connectivity index (χ0v) is 18.6. The Balaban J connectivity index is 2.42. The van der Waals surface area contributed by atoms with Crippen molar-refractivity contribution in [1.29, 1.82) is 0 Å². The van der Waals surface area contributed by atoms with E-state index in [-0.39, 0.29) is 32.3 Å². The van der Waals surface area contributed by atoms with Gasteiger partial charge in [-0.05, 0) is 34.1 Å². The molecule has 0 aliphatic rings. The van der Waals surface area contributed by atoms with Gasteiger partial charge in [0, 0.05) is 16.5 Å². The fourth-order valence-corrected chi connectivity index (χ4v) is 3.81. The zero-order valence-electron chi connectivity index (χ0n) is 15.4. The van der Waals surface area contributed by atoms with Crippen LogP contribution in [0.1, 0.15) is 26.4 Å². The third kappa shape index (κ3) is 3.84. The molecule has 3 aromatic rings. The molecule has 9 heteroatoms. The van der Waals surface area contributed by atoms with E-state index in [0.717, 1.165) is 0 Å². The van der Waals surface area contributed by atoms with Crippen LogP contribution < -0.4 is 0 Å². The SMILES string of the molecule is COC(=O)c1c(-c2ccc(Br)c(F)c2CBr)nn(-c2ccccc2)c1C(=O)OC. The molecule has 0 unspecified atom stereocenters. The molecule has 0 aliphatic heterocycles. The maximum absolute atomic E-state index is 14.7. The van der Waals surface area contributed by atoms with Crippen molar-refractivity contribution in [2.45, 2.75) is 5.33 Å². The highest BCUT2D eigenvalue weighted by atomic mass is 79.9. The lowest BCUT2D eigenvalue weighted by atomic mass is 10.0. The average Bonchev–Trinajstić information content (AvgIpc) is 3.15. The molecule has 0 spiro atoms. The van der Waals surface area contributed by atoms with E-state index in [1.54, 1.807) is 36.4 Å². The van der Waals surface area contributed by atoms with Crippen LogP contribution in [0.3, 0.4) is 0 Å². The number of hydrogen-bond acceptors (Lipinski definition) is 5. The number of halogens is 3. The molecular weight excluding hydrogens is 511 g/mol. The first kappa shape index (κ1) is 21.2. The number of carbonyl (C=O) groups excluding carboxylic acids is 2. The Morgan fingerprint density at radius 2 is 1.72 bits per heavy atom. The summed E-state index contributed by atoms with van der Waals surface area (Å²) in [4.78, 5) is 25.2. The number of benzene rings is 2. The normalized spacial score (nSPS) is 10.7. The van der Waals surface area contributed by atoms with Gasteiger partial charge in [0.25, 0.3) is 0 Å². The highest BCUT2D eigenvalue weighted by Crippen LogP contribution is 2.35. The summed E-state index contributed by atoms with van der Waals surface area (Å²) in [6, 6.07) is 11.9. The molecule has 0 saturated carbocycles. The molecule has 0 N–H and O–H groups in total. The van der Waals surface area contributed by atoms with Crippen molar-refractivity contribution in [3.8, 4) is 16.9 Å². The fourth-order valence-electron chi connectivity index (χ4n) is 2.89. The average molecular weight is 526 g/mol. The van der Waals surface area contributed by atoms with Crippen molar-refractivity contribution in [2.75, 3.05) is 14.2 Å². The molecule has 0 aliphatic carbocycles. The molecule has 0 radical (unpaired) electrons. The van der Waals surface area contributed by atoms with Crippen molar-refractivity contribution in [3.05, 3.63) is 69.6 Å². The second-order valence-electron chi connectivity index (χ2n) is 5.82. The Labute approximate surface area is 182 Å². The van der Waals surface area contributed by atoms with Gasteiger partial charge in [0.15, 0.2) is 5.69 Å². The number of esters is 2. The Bertz CT molecular complexity index is 1080. The number of carbonyl (C=O) groups is 2. The second-order valence-corrected chi connectivity index (χ2v) is 7.24. The van der Waals surface area contributed by atoms with Gasteiger partial charge >= 0.3 is 11.9 Å². The zero-order chi connectivity index (χ0) is 21.1. The third-order valence-electron chi connectivity index (χ3n) is 4.24. The van der Waals surface area contributed by atoms with Crippen LogP contribution in [0, 0.1) is 5.82 Å². The summed E-state index contributed by atoms with van der Waals surface area (Å²) in [5.74, 6) is -2.05. The first-order chi connectivity index (χ1) is 13.9. The number of nitrogens with zero attached hydrogens (tertiary/aromatic N) is 2. The molecule has 0 bridgehead atoms. The molecule has 0 fully saturated rings. The number of aromatic nitrogens is 2. The van der Waals surface area contributed by atoms with Gasteiger partial charge in [-0.2, -0.15) is 5.10 Å². The van der Waals surface area contributed by atoms with Gasteiger partial charge in [-0.3, -0.25) is 0 Å². The van der Waals surface area contributed by atoms with Crippen molar-refractivity contribution in [2.24, 2.45) is 0 Å². The molecule has 0 saturated heterocycles. The van der Waals surface area contributed by atoms with Crippen LogP contribution in [0.4, 0.5) is 4.39 Å². The number of para-hydroxylation sites is 1. The Morgan fingerprint density at radius 3 is 2.31 bits per heavy atom. The van der Waals surface area contributed by atoms with Gasteiger partial charge < -0.3 is 9.47 Å². The lowest BCUT2D eigenvalue weighted by Gasteiger charge is -2.09. The molecule has 0 atom stereocenters. The smallest absolute Gasteiger partial charge is 0.357 e. The molecule has 29 heavy (non-hydrogen) atoms. The minimum absolute atomic E-state index is 0.105. The first-order valence-corrected chi connectivity index (χ1v) is 10.2. The highest BCUT2D eigenvalue weighted by molar-refractivity contribution is 9.10. The Kier molecular flexibility index (Phi) is 6.49. The van der Waals surface area contributed by atoms with E-state index in [1.165, 1.54) is 25.0 Å². The molecule has 0 amide bonds. The summed E-state index contributed by atoms with van der Waals surface area (Å²) in [5, 5.41) is 4.65. The fraction of sp³-hybridized carbons (Fsp3) is 0.150. The molecule has 3 rings (SSSR count). The number of ether oxygens (including phenoxy) is 2. The summed E-state index contributed by atoms with van der Waals surface area (Å²) in [6.45, 7) is 0. The van der Waals surface area contributed by atoms with Gasteiger partial charge in [0.05, 0.1) is 24.4 Å². The van der Waals surface area contributed by atoms with Gasteiger partial charge in [0.1, 0.15) is 17.1 Å². The molecular formula is C20H15Br2FN2O4. The van der Waals surface area contributed by atoms with Crippen LogP contribution in [0.25, 0.3) is 16.9 Å². The van der Waals surface area contributed by atoms with E-state index >= 15 is 0 Å². The van der Waals surface area contributed by atoms with Crippen LogP contribution in [0.15, 0.2) is 46.9 Å². The monoisotopic (exact) mass is 524 g/mol. The maximum Gasteiger partial charge on any atom is 0.357 e. The number of hydrogen-bond donors (Lipinski definition) is 0. The third-order valence-corrected chi connectivity index (χ3v) is 5.41. The molecule has 1 heterocycles. The van der Waals surface area contributed by atoms with E-state index in [2.05, 4.69) is 37.0 Å². The summed E-state index contributed by atoms with van der Waals surface area (Å²) >= 11 is 6.44. The largest absolute Gasteiger partial charge is 0.465 e. The second kappa shape index (κ2) is 8.87. The topological polar surface area (TPSA) is 70.4 Å². The van der Waals surface area contributed by atoms with Crippen molar-refractivity contribution < 1.29 is 23.5 Å². The summed E-state index contributed by atoms with van der Waals surface area (Å²) in [5.41, 5.74) is 1.06. The first-order valence-electron chi connectivity index (χ1n) is 8.32. The van der Waals surface area contributed by atoms with E-state index in [1.807, 2.05) is 0 Å². The number of rotatable bonds is 5. The maximum atomic E-state index is 14.7. The van der Waals surface area contributed by atoms with E-state index in [4.69, 9.17) is 9.47 Å². The Morgan fingerprint density at radius 1 is 1.07 bits per heavy atom. The molecule has 150 valence electrons. The van der Waals surface area contributed by atoms with Gasteiger partial charge in [-0.15, -0.1) is 0 Å². The van der Waals surface area contributed by atoms with Crippen molar-refractivity contribution >= 4 is 43.8 Å². The van der Waals surface area contributed by atoms with Gasteiger partial charge in [-0.25, -0.2) is 18.7 Å². The number of alkyl halides is 1. The van der Waals surface area contributed by atoms with Crippen LogP contribution in [-0.4, -0.2) is 35.9 Å². The molecule has 6 nitrogen and oxygen atoms in total. The molecule has 2 aromatic carbocycles. The van der Waals surface area contributed by atoms with Crippen LogP contribution in [0.5, 0.6) is 0 Å². The minimum Gasteiger partial charge on any atom is -0.465 e. The lowest BCUT2D eigenvalue weighted by molar-refractivity contribution is 0.0549. The quantitative estimate of drug-likeness (QED) is 0.349. The van der Waals surface area contributed by atoms with Gasteiger partial charge in [0.2, 0.25) is 0 Å². The van der Waals surface area contributed by atoms with E-state index < -0.39 is 17.8 Å². The Hall–Kier alpha value is -2.52. The van der Waals surface area contributed by atoms with E-state index in [9.17, 15) is 14.0 Å². The summed E-state index contributed by atoms with van der Waals surface area (Å²) < 4.78 is 26.0. The van der Waals surface area contributed by atoms with Crippen molar-refractivity contribution in [1.82, 2.24) is 9.78 Å². The lowest BCUT2D eigenvalue weighted by Crippen LogP contribution is -2.15. The number of methoxy groups -OCH3 is 2. The predicted molar refractivity (Wildman–Crippen MR) is 112 cm³/mol. The standard InChI is InChI=1S/C20H15Br2FN2O4/c1-28-19(26)15-17(12-8-9-14(22)16(23)13(12)10-21)24-25(18(15)20(27)29-2)11-6-4-3-5-7-11/h3-9H,10H2,1-2H3. The minimum atomic E-state index is -0.786. The van der Waals surface area contributed by atoms with Gasteiger partial charge in [-0.1, -0.05) is 40.2 Å². The molecule has 1 aromatic heterocycles. The predicted octanol–water partition coefficient (Wildman–Crippen LogP) is 4.91. The van der Waals surface area contributed by atoms with Crippen LogP contribution in [0.2, 0.25) is 0 Å². The van der Waals surface area contributed by atoms with E-state index in [0.29, 0.717) is 11.3 Å². The summed E-state index contributed by atoms with van der Waals surface area (Å²) in [7, 11) is 2.40. The van der Waals surface area contributed by atoms with Crippen molar-refractivity contribution in [3.63, 3.8) is 0 Å². The highest BCUT2D eigenvalue weighted by Gasteiger charge is 2.32.